The van der Waals surface area contributed by atoms with Crippen LogP contribution in [0, 0.1) is 0 Å². The first-order chi connectivity index (χ1) is 8.86. The molecule has 0 spiro atoms. The third kappa shape index (κ3) is 5.20. The van der Waals surface area contributed by atoms with Crippen LogP contribution in [-0.4, -0.2) is 18.3 Å². The Morgan fingerprint density at radius 1 is 0.947 bits per heavy atom. The lowest BCUT2D eigenvalue weighted by Gasteiger charge is -2.08. The number of phenols is 1. The summed E-state index contributed by atoms with van der Waals surface area (Å²) in [4.78, 5) is 0. The van der Waals surface area contributed by atoms with Crippen LogP contribution in [0.1, 0.15) is 5.56 Å². The second-order valence-electron chi connectivity index (χ2n) is 3.98. The molecule has 2 rings (SSSR count). The van der Waals surface area contributed by atoms with Gasteiger partial charge in [-0.15, -0.1) is 12.4 Å². The minimum absolute atomic E-state index is 0. The van der Waals surface area contributed by atoms with E-state index >= 15 is 0 Å². The average molecular weight is 280 g/mol. The van der Waals surface area contributed by atoms with Crippen molar-refractivity contribution >= 4 is 12.4 Å². The number of phenolic OH excluding ortho intramolecular Hbond substituents is 1. The van der Waals surface area contributed by atoms with Crippen molar-refractivity contribution in [1.29, 1.82) is 0 Å². The number of para-hydroxylation sites is 2. The Bertz CT molecular complexity index is 477. The Kier molecular flexibility index (Phi) is 6.79. The maximum Gasteiger partial charge on any atom is 0.160 e. The molecule has 3 nitrogen and oxygen atoms in total. The van der Waals surface area contributed by atoms with E-state index in [-0.39, 0.29) is 18.2 Å². The Labute approximate surface area is 119 Å². The molecule has 0 saturated carbocycles. The minimum atomic E-state index is 0. The van der Waals surface area contributed by atoms with Crippen molar-refractivity contribution in [3.63, 3.8) is 0 Å². The maximum absolute atomic E-state index is 9.50. The summed E-state index contributed by atoms with van der Waals surface area (Å²) in [5.41, 5.74) is 1.25. The molecule has 0 saturated heterocycles. The molecule has 0 aliphatic rings. The molecule has 0 fully saturated rings. The van der Waals surface area contributed by atoms with Crippen LogP contribution in [0.4, 0.5) is 0 Å². The molecule has 0 amide bonds. The number of halogens is 1. The van der Waals surface area contributed by atoms with Gasteiger partial charge in [0.2, 0.25) is 0 Å². The summed E-state index contributed by atoms with van der Waals surface area (Å²) < 4.78 is 5.46. The third-order valence-electron chi connectivity index (χ3n) is 2.57. The van der Waals surface area contributed by atoms with Crippen molar-refractivity contribution in [3.05, 3.63) is 60.2 Å². The summed E-state index contributed by atoms with van der Waals surface area (Å²) in [5, 5.41) is 12.8. The molecule has 0 unspecified atom stereocenters. The molecule has 0 aliphatic carbocycles. The lowest BCUT2D eigenvalue weighted by Crippen LogP contribution is -2.20. The Morgan fingerprint density at radius 3 is 2.37 bits per heavy atom. The van der Waals surface area contributed by atoms with Gasteiger partial charge in [0.25, 0.3) is 0 Å². The lowest BCUT2D eigenvalue weighted by atomic mass is 10.2. The number of ether oxygens (including phenoxy) is 1. The summed E-state index contributed by atoms with van der Waals surface area (Å²) in [6.45, 7) is 2.10. The predicted molar refractivity (Wildman–Crippen MR) is 79.0 cm³/mol. The first-order valence-electron chi connectivity index (χ1n) is 6.02. The number of hydrogen-bond acceptors (Lipinski definition) is 3. The van der Waals surface area contributed by atoms with E-state index in [1.807, 2.05) is 24.3 Å². The van der Waals surface area contributed by atoms with Gasteiger partial charge in [-0.3, -0.25) is 0 Å². The van der Waals surface area contributed by atoms with Crippen molar-refractivity contribution in [2.24, 2.45) is 0 Å². The van der Waals surface area contributed by atoms with E-state index in [1.54, 1.807) is 18.2 Å². The molecule has 0 aromatic heterocycles. The highest BCUT2D eigenvalue weighted by Gasteiger charge is 1.99. The van der Waals surface area contributed by atoms with Crippen LogP contribution in [-0.2, 0) is 6.54 Å². The second kappa shape index (κ2) is 8.40. The normalized spacial score (nSPS) is 9.68. The van der Waals surface area contributed by atoms with Gasteiger partial charge in [0.05, 0.1) is 0 Å². The molecule has 102 valence electrons. The Hall–Kier alpha value is -1.71. The topological polar surface area (TPSA) is 41.5 Å². The summed E-state index contributed by atoms with van der Waals surface area (Å²) in [6.07, 6.45) is 0. The van der Waals surface area contributed by atoms with Gasteiger partial charge < -0.3 is 15.2 Å². The van der Waals surface area contributed by atoms with Crippen molar-refractivity contribution in [2.75, 3.05) is 13.2 Å². The van der Waals surface area contributed by atoms with Gasteiger partial charge in [-0.25, -0.2) is 0 Å². The highest BCUT2D eigenvalue weighted by molar-refractivity contribution is 5.85. The van der Waals surface area contributed by atoms with E-state index in [0.717, 1.165) is 13.1 Å². The number of benzene rings is 2. The Balaban J connectivity index is 0.00000180. The van der Waals surface area contributed by atoms with Gasteiger partial charge in [0.15, 0.2) is 11.5 Å². The SMILES string of the molecule is Cl.Oc1ccccc1OCCNCc1ccccc1. The summed E-state index contributed by atoms with van der Waals surface area (Å²) in [6, 6.07) is 17.2. The van der Waals surface area contributed by atoms with Gasteiger partial charge in [0, 0.05) is 13.1 Å². The molecule has 0 bridgehead atoms. The van der Waals surface area contributed by atoms with Gasteiger partial charge in [-0.05, 0) is 17.7 Å². The van der Waals surface area contributed by atoms with Crippen LogP contribution >= 0.6 is 12.4 Å². The Morgan fingerprint density at radius 2 is 1.63 bits per heavy atom. The number of hydrogen-bond donors (Lipinski definition) is 2. The molecule has 2 aromatic rings. The first kappa shape index (κ1) is 15.3. The number of nitrogens with one attached hydrogen (secondary N) is 1. The fraction of sp³-hybridized carbons (Fsp3) is 0.200. The lowest BCUT2D eigenvalue weighted by molar-refractivity contribution is 0.297. The predicted octanol–water partition coefficient (Wildman–Crippen LogP) is 2.98. The zero-order chi connectivity index (χ0) is 12.6. The third-order valence-corrected chi connectivity index (χ3v) is 2.57. The summed E-state index contributed by atoms with van der Waals surface area (Å²) in [5.74, 6) is 0.708. The first-order valence-corrected chi connectivity index (χ1v) is 6.02. The standard InChI is InChI=1S/C15H17NO2.ClH/c17-14-8-4-5-9-15(14)18-11-10-16-12-13-6-2-1-3-7-13;/h1-9,16-17H,10-12H2;1H. The largest absolute Gasteiger partial charge is 0.504 e. The van der Waals surface area contributed by atoms with Crippen LogP contribution < -0.4 is 10.1 Å². The molecular weight excluding hydrogens is 262 g/mol. The molecular formula is C15H18ClNO2. The van der Waals surface area contributed by atoms with Gasteiger partial charge in [-0.1, -0.05) is 42.5 Å². The van der Waals surface area contributed by atoms with E-state index in [1.165, 1.54) is 5.56 Å². The van der Waals surface area contributed by atoms with E-state index in [9.17, 15) is 5.11 Å². The van der Waals surface area contributed by atoms with Crippen LogP contribution in [0.15, 0.2) is 54.6 Å². The van der Waals surface area contributed by atoms with Gasteiger partial charge in [-0.2, -0.15) is 0 Å². The van der Waals surface area contributed by atoms with Crippen molar-refractivity contribution in [2.45, 2.75) is 6.54 Å². The maximum atomic E-state index is 9.50. The molecule has 0 aliphatic heterocycles. The highest BCUT2D eigenvalue weighted by atomic mass is 35.5. The van der Waals surface area contributed by atoms with Crippen molar-refractivity contribution in [1.82, 2.24) is 5.32 Å². The van der Waals surface area contributed by atoms with Gasteiger partial charge in [0.1, 0.15) is 6.61 Å². The number of rotatable bonds is 6. The summed E-state index contributed by atoms with van der Waals surface area (Å²) in [7, 11) is 0. The van der Waals surface area contributed by atoms with E-state index in [2.05, 4.69) is 17.4 Å². The smallest absolute Gasteiger partial charge is 0.160 e. The van der Waals surface area contributed by atoms with Crippen molar-refractivity contribution in [3.8, 4) is 11.5 Å². The molecule has 0 radical (unpaired) electrons. The second-order valence-corrected chi connectivity index (χ2v) is 3.98. The molecule has 0 atom stereocenters. The average Bonchev–Trinajstić information content (AvgIpc) is 2.42. The van der Waals surface area contributed by atoms with E-state index in [4.69, 9.17) is 4.74 Å². The van der Waals surface area contributed by atoms with Crippen LogP contribution in [0.5, 0.6) is 11.5 Å². The number of aromatic hydroxyl groups is 1. The van der Waals surface area contributed by atoms with E-state index in [0.29, 0.717) is 12.4 Å². The van der Waals surface area contributed by atoms with Crippen molar-refractivity contribution < 1.29 is 9.84 Å². The minimum Gasteiger partial charge on any atom is -0.504 e. The highest BCUT2D eigenvalue weighted by Crippen LogP contribution is 2.23. The molecule has 0 heterocycles. The molecule has 4 heteroatoms. The zero-order valence-corrected chi connectivity index (χ0v) is 11.4. The summed E-state index contributed by atoms with van der Waals surface area (Å²) >= 11 is 0. The molecule has 2 N–H and O–H groups in total. The van der Waals surface area contributed by atoms with Crippen LogP contribution in [0.2, 0.25) is 0 Å². The zero-order valence-electron chi connectivity index (χ0n) is 10.6. The van der Waals surface area contributed by atoms with Crippen LogP contribution in [0.25, 0.3) is 0 Å². The fourth-order valence-electron chi connectivity index (χ4n) is 1.64. The van der Waals surface area contributed by atoms with E-state index < -0.39 is 0 Å². The van der Waals surface area contributed by atoms with Gasteiger partial charge >= 0.3 is 0 Å². The molecule has 19 heavy (non-hydrogen) atoms. The monoisotopic (exact) mass is 279 g/mol. The molecule has 2 aromatic carbocycles. The van der Waals surface area contributed by atoms with Crippen LogP contribution in [0.3, 0.4) is 0 Å². The fourth-order valence-corrected chi connectivity index (χ4v) is 1.64. The quantitative estimate of drug-likeness (QED) is 0.799.